The molecule has 2 aromatic carbocycles. The number of thiophene rings is 1. The first-order valence-corrected chi connectivity index (χ1v) is 10.3. The summed E-state index contributed by atoms with van der Waals surface area (Å²) in [5, 5.41) is 3.81. The second kappa shape index (κ2) is 9.62. The maximum absolute atomic E-state index is 12.4. The second-order valence-electron chi connectivity index (χ2n) is 5.89. The van der Waals surface area contributed by atoms with Crippen LogP contribution in [-0.2, 0) is 9.53 Å². The molecule has 8 heteroatoms. The molecule has 6 nitrogen and oxygen atoms in total. The van der Waals surface area contributed by atoms with Crippen LogP contribution in [0.3, 0.4) is 0 Å². The van der Waals surface area contributed by atoms with E-state index in [0.717, 1.165) is 10.1 Å². The summed E-state index contributed by atoms with van der Waals surface area (Å²) in [6.45, 7) is 4.20. The van der Waals surface area contributed by atoms with Gasteiger partial charge in [-0.3, -0.25) is 4.79 Å². The molecule has 0 aliphatic heterocycles. The van der Waals surface area contributed by atoms with Gasteiger partial charge in [0.1, 0.15) is 16.4 Å². The monoisotopic (exact) mass is 433 g/mol. The van der Waals surface area contributed by atoms with E-state index in [2.05, 4.69) is 5.32 Å². The lowest BCUT2D eigenvalue weighted by Crippen LogP contribution is -2.21. The number of rotatable bonds is 8. The van der Waals surface area contributed by atoms with Gasteiger partial charge in [0.25, 0.3) is 5.91 Å². The van der Waals surface area contributed by atoms with E-state index in [-0.39, 0.29) is 4.88 Å². The number of esters is 1. The highest BCUT2D eigenvalue weighted by atomic mass is 35.5. The number of benzene rings is 2. The average molecular weight is 434 g/mol. The Bertz CT molecular complexity index is 1030. The predicted molar refractivity (Wildman–Crippen MR) is 115 cm³/mol. The number of hydrogen-bond donors (Lipinski definition) is 1. The van der Waals surface area contributed by atoms with Crippen LogP contribution >= 0.6 is 22.9 Å². The Kier molecular flexibility index (Phi) is 6.95. The molecular formula is C21H20ClNO5S. The van der Waals surface area contributed by atoms with Crippen LogP contribution in [0.2, 0.25) is 5.02 Å². The summed E-state index contributed by atoms with van der Waals surface area (Å²) in [5.41, 5.74) is 0.443. The lowest BCUT2D eigenvalue weighted by molar-refractivity contribution is -0.119. The first-order valence-electron chi connectivity index (χ1n) is 9.07. The van der Waals surface area contributed by atoms with Crippen LogP contribution in [0.5, 0.6) is 11.5 Å². The Hall–Kier alpha value is -2.77. The first kappa shape index (κ1) is 21.0. The minimum atomic E-state index is -0.639. The van der Waals surface area contributed by atoms with Crippen molar-refractivity contribution in [3.8, 4) is 11.5 Å². The Morgan fingerprint density at radius 3 is 2.55 bits per heavy atom. The predicted octanol–water partition coefficient (Wildman–Crippen LogP) is 5.15. The van der Waals surface area contributed by atoms with E-state index >= 15 is 0 Å². The van der Waals surface area contributed by atoms with Crippen LogP contribution in [-0.4, -0.2) is 31.7 Å². The molecule has 3 rings (SSSR count). The smallest absolute Gasteiger partial charge is 0.350 e. The fourth-order valence-electron chi connectivity index (χ4n) is 2.67. The first-order chi connectivity index (χ1) is 14.0. The molecule has 1 aromatic heterocycles. The third kappa shape index (κ3) is 4.99. The highest BCUT2D eigenvalue weighted by Crippen LogP contribution is 2.35. The number of anilines is 1. The zero-order valence-electron chi connectivity index (χ0n) is 16.0. The van der Waals surface area contributed by atoms with Gasteiger partial charge in [0.05, 0.1) is 23.9 Å². The Labute approximate surface area is 177 Å². The number of nitrogens with one attached hydrogen (secondary N) is 1. The van der Waals surface area contributed by atoms with Crippen molar-refractivity contribution in [1.82, 2.24) is 0 Å². The van der Waals surface area contributed by atoms with E-state index in [9.17, 15) is 9.59 Å². The summed E-state index contributed by atoms with van der Waals surface area (Å²) in [4.78, 5) is 25.0. The number of hydrogen-bond acceptors (Lipinski definition) is 6. The number of amides is 1. The molecule has 152 valence electrons. The molecule has 1 heterocycles. The van der Waals surface area contributed by atoms with Crippen LogP contribution < -0.4 is 14.8 Å². The fraction of sp³-hybridized carbons (Fsp3) is 0.238. The van der Waals surface area contributed by atoms with E-state index in [1.807, 2.05) is 38.1 Å². The third-order valence-electron chi connectivity index (χ3n) is 3.89. The van der Waals surface area contributed by atoms with Crippen molar-refractivity contribution in [2.24, 2.45) is 0 Å². The van der Waals surface area contributed by atoms with Gasteiger partial charge in [-0.25, -0.2) is 4.79 Å². The standard InChI is InChI=1S/C21H20ClNO5S/c1-3-26-13-9-10-16(27-4-2)15(11-13)23-18(24)12-28-21(25)20-19(22)14-7-5-6-8-17(14)29-20/h5-11H,3-4,12H2,1-2H3,(H,23,24). The molecule has 0 fully saturated rings. The number of carbonyl (C=O) groups is 2. The molecule has 0 saturated heterocycles. The molecule has 0 bridgehead atoms. The van der Waals surface area contributed by atoms with Gasteiger partial charge in [-0.05, 0) is 32.0 Å². The summed E-state index contributed by atoms with van der Waals surface area (Å²) in [5.74, 6) is -0.0341. The molecule has 0 aliphatic rings. The number of ether oxygens (including phenoxy) is 3. The summed E-state index contributed by atoms with van der Waals surface area (Å²) in [7, 11) is 0. The Morgan fingerprint density at radius 1 is 1.07 bits per heavy atom. The van der Waals surface area contributed by atoms with Gasteiger partial charge in [-0.2, -0.15) is 0 Å². The van der Waals surface area contributed by atoms with Crippen molar-refractivity contribution in [2.45, 2.75) is 13.8 Å². The van der Waals surface area contributed by atoms with Gasteiger partial charge in [-0.15, -0.1) is 11.3 Å². The molecule has 0 atom stereocenters. The summed E-state index contributed by atoms with van der Waals surface area (Å²) in [6, 6.07) is 12.5. The molecule has 0 spiro atoms. The zero-order chi connectivity index (χ0) is 20.8. The van der Waals surface area contributed by atoms with Crippen LogP contribution in [0.15, 0.2) is 42.5 Å². The molecule has 0 aliphatic carbocycles. The zero-order valence-corrected chi connectivity index (χ0v) is 17.6. The van der Waals surface area contributed by atoms with Crippen molar-refractivity contribution in [3.63, 3.8) is 0 Å². The van der Waals surface area contributed by atoms with E-state index in [4.69, 9.17) is 25.8 Å². The molecule has 1 amide bonds. The maximum atomic E-state index is 12.4. The topological polar surface area (TPSA) is 73.9 Å². The quantitative estimate of drug-likeness (QED) is 0.497. The number of carbonyl (C=O) groups excluding carboxylic acids is 2. The lowest BCUT2D eigenvalue weighted by Gasteiger charge is -2.13. The number of halogens is 1. The normalized spacial score (nSPS) is 10.6. The maximum Gasteiger partial charge on any atom is 0.350 e. The van der Waals surface area contributed by atoms with Crippen molar-refractivity contribution in [2.75, 3.05) is 25.1 Å². The summed E-state index contributed by atoms with van der Waals surface area (Å²) >= 11 is 7.51. The minimum Gasteiger partial charge on any atom is -0.494 e. The van der Waals surface area contributed by atoms with Gasteiger partial charge in [-0.1, -0.05) is 29.8 Å². The van der Waals surface area contributed by atoms with Gasteiger partial charge in [0.2, 0.25) is 0 Å². The van der Waals surface area contributed by atoms with Crippen molar-refractivity contribution < 1.29 is 23.8 Å². The van der Waals surface area contributed by atoms with Crippen molar-refractivity contribution in [3.05, 3.63) is 52.4 Å². The average Bonchev–Trinajstić information content (AvgIpc) is 3.05. The summed E-state index contributed by atoms with van der Waals surface area (Å²) in [6.07, 6.45) is 0. The minimum absolute atomic E-state index is 0.272. The largest absolute Gasteiger partial charge is 0.494 e. The van der Waals surface area contributed by atoms with Crippen molar-refractivity contribution >= 4 is 50.6 Å². The van der Waals surface area contributed by atoms with Gasteiger partial charge >= 0.3 is 5.97 Å². The van der Waals surface area contributed by atoms with Gasteiger partial charge < -0.3 is 19.5 Å². The van der Waals surface area contributed by atoms with Gasteiger partial charge in [0.15, 0.2) is 6.61 Å². The van der Waals surface area contributed by atoms with Crippen LogP contribution in [0.25, 0.3) is 10.1 Å². The second-order valence-corrected chi connectivity index (χ2v) is 7.32. The van der Waals surface area contributed by atoms with E-state index in [1.165, 1.54) is 11.3 Å². The molecule has 0 unspecified atom stereocenters. The fourth-order valence-corrected chi connectivity index (χ4v) is 4.07. The van der Waals surface area contributed by atoms with E-state index < -0.39 is 18.5 Å². The van der Waals surface area contributed by atoms with Crippen LogP contribution in [0.4, 0.5) is 5.69 Å². The van der Waals surface area contributed by atoms with Crippen LogP contribution in [0, 0.1) is 0 Å². The Balaban J connectivity index is 1.67. The van der Waals surface area contributed by atoms with E-state index in [0.29, 0.717) is 35.4 Å². The molecular weight excluding hydrogens is 414 g/mol. The van der Waals surface area contributed by atoms with Crippen LogP contribution in [0.1, 0.15) is 23.5 Å². The number of fused-ring (bicyclic) bond motifs is 1. The molecule has 0 radical (unpaired) electrons. The van der Waals surface area contributed by atoms with Crippen molar-refractivity contribution in [1.29, 1.82) is 0 Å². The Morgan fingerprint density at radius 2 is 1.83 bits per heavy atom. The molecule has 29 heavy (non-hydrogen) atoms. The highest BCUT2D eigenvalue weighted by Gasteiger charge is 2.19. The molecule has 1 N–H and O–H groups in total. The molecule has 0 saturated carbocycles. The van der Waals surface area contributed by atoms with E-state index in [1.54, 1.807) is 18.2 Å². The SMILES string of the molecule is CCOc1ccc(OCC)c(NC(=O)COC(=O)c2sc3ccccc3c2Cl)c1. The highest BCUT2D eigenvalue weighted by molar-refractivity contribution is 7.21. The summed E-state index contributed by atoms with van der Waals surface area (Å²) < 4.78 is 17.0. The molecule has 3 aromatic rings. The lowest BCUT2D eigenvalue weighted by atomic mass is 10.2. The third-order valence-corrected chi connectivity index (χ3v) is 5.55. The van der Waals surface area contributed by atoms with Gasteiger partial charge in [0, 0.05) is 16.2 Å².